The van der Waals surface area contributed by atoms with E-state index >= 15 is 0 Å². The van der Waals surface area contributed by atoms with Crippen LogP contribution in [0.1, 0.15) is 39.0 Å². The third-order valence-corrected chi connectivity index (χ3v) is 4.76. The van der Waals surface area contributed by atoms with Crippen molar-refractivity contribution < 1.29 is 8.42 Å². The molecule has 0 amide bonds. The van der Waals surface area contributed by atoms with Crippen LogP contribution >= 0.6 is 0 Å². The van der Waals surface area contributed by atoms with Crippen molar-refractivity contribution in [2.24, 2.45) is 11.7 Å². The summed E-state index contributed by atoms with van der Waals surface area (Å²) in [4.78, 5) is 0. The first-order valence-corrected chi connectivity index (χ1v) is 7.95. The maximum absolute atomic E-state index is 12.0. The highest BCUT2D eigenvalue weighted by Crippen LogP contribution is 2.12. The molecule has 3 N–H and O–H groups in total. The highest BCUT2D eigenvalue weighted by molar-refractivity contribution is 7.87. The van der Waals surface area contributed by atoms with E-state index in [0.29, 0.717) is 32.1 Å². The van der Waals surface area contributed by atoms with Crippen LogP contribution in [0.4, 0.5) is 0 Å². The molecule has 1 fully saturated rings. The molecule has 1 unspecified atom stereocenters. The molecule has 0 radical (unpaired) electrons. The summed E-state index contributed by atoms with van der Waals surface area (Å²) in [6.07, 6.45) is 5.06. The van der Waals surface area contributed by atoms with Crippen molar-refractivity contribution in [3.63, 3.8) is 0 Å². The normalized spacial score (nSPS) is 21.1. The molecule has 1 rings (SSSR count). The molecule has 1 atom stereocenters. The van der Waals surface area contributed by atoms with Gasteiger partial charge in [0, 0.05) is 19.6 Å². The van der Waals surface area contributed by atoms with E-state index in [4.69, 9.17) is 5.73 Å². The smallest absolute Gasteiger partial charge is 0.279 e. The standard InChI is InChI=1S/C11H25N3O2S/c1-11(6-7-12)10-13-17(15,16)14-8-4-2-3-5-9-14/h11,13H,2-10,12H2,1H3. The Morgan fingerprint density at radius 3 is 2.35 bits per heavy atom. The zero-order chi connectivity index (χ0) is 12.7. The quantitative estimate of drug-likeness (QED) is 0.740. The van der Waals surface area contributed by atoms with Gasteiger partial charge in [0.1, 0.15) is 0 Å². The first-order valence-electron chi connectivity index (χ1n) is 6.51. The summed E-state index contributed by atoms with van der Waals surface area (Å²) in [5, 5.41) is 0. The van der Waals surface area contributed by atoms with Gasteiger partial charge in [-0.25, -0.2) is 4.72 Å². The number of hydrogen-bond acceptors (Lipinski definition) is 3. The van der Waals surface area contributed by atoms with E-state index in [-0.39, 0.29) is 0 Å². The zero-order valence-corrected chi connectivity index (χ0v) is 11.5. The Morgan fingerprint density at radius 1 is 1.24 bits per heavy atom. The third-order valence-electron chi connectivity index (χ3n) is 3.18. The van der Waals surface area contributed by atoms with E-state index in [9.17, 15) is 8.42 Å². The average Bonchev–Trinajstić information content (AvgIpc) is 2.56. The van der Waals surface area contributed by atoms with Crippen molar-refractivity contribution in [2.45, 2.75) is 39.0 Å². The molecule has 0 aromatic carbocycles. The lowest BCUT2D eigenvalue weighted by molar-refractivity contribution is 0.408. The first kappa shape index (κ1) is 14.9. The average molecular weight is 263 g/mol. The highest BCUT2D eigenvalue weighted by Gasteiger charge is 2.22. The fourth-order valence-electron chi connectivity index (χ4n) is 2.01. The lowest BCUT2D eigenvalue weighted by atomic mass is 10.1. The second-order valence-corrected chi connectivity index (χ2v) is 6.60. The molecular weight excluding hydrogens is 238 g/mol. The molecule has 1 aliphatic rings. The van der Waals surface area contributed by atoms with Crippen molar-refractivity contribution >= 4 is 10.2 Å². The van der Waals surface area contributed by atoms with Crippen LogP contribution in [0.2, 0.25) is 0 Å². The van der Waals surface area contributed by atoms with Gasteiger partial charge < -0.3 is 5.73 Å². The second-order valence-electron chi connectivity index (χ2n) is 4.85. The van der Waals surface area contributed by atoms with Crippen LogP contribution in [0.25, 0.3) is 0 Å². The lowest BCUT2D eigenvalue weighted by Gasteiger charge is -2.21. The predicted molar refractivity (Wildman–Crippen MR) is 69.8 cm³/mol. The van der Waals surface area contributed by atoms with Crippen LogP contribution in [0.3, 0.4) is 0 Å². The monoisotopic (exact) mass is 263 g/mol. The predicted octanol–water partition coefficient (Wildman–Crippen LogP) is 0.682. The van der Waals surface area contributed by atoms with Gasteiger partial charge in [-0.2, -0.15) is 12.7 Å². The topological polar surface area (TPSA) is 75.4 Å². The SMILES string of the molecule is CC(CCN)CNS(=O)(=O)N1CCCCCC1. The molecule has 0 spiro atoms. The van der Waals surface area contributed by atoms with Crippen LogP contribution in [-0.2, 0) is 10.2 Å². The molecule has 1 saturated heterocycles. The van der Waals surface area contributed by atoms with Crippen LogP contribution in [0.15, 0.2) is 0 Å². The zero-order valence-electron chi connectivity index (χ0n) is 10.7. The highest BCUT2D eigenvalue weighted by atomic mass is 32.2. The fourth-order valence-corrected chi connectivity index (χ4v) is 3.42. The minimum Gasteiger partial charge on any atom is -0.330 e. The number of rotatable bonds is 6. The van der Waals surface area contributed by atoms with E-state index in [0.717, 1.165) is 32.1 Å². The Labute approximate surface area is 105 Å². The fraction of sp³-hybridized carbons (Fsp3) is 1.00. The number of nitrogens with zero attached hydrogens (tertiary/aromatic N) is 1. The summed E-state index contributed by atoms with van der Waals surface area (Å²) >= 11 is 0. The van der Waals surface area contributed by atoms with Crippen molar-refractivity contribution in [3.8, 4) is 0 Å². The maximum atomic E-state index is 12.0. The van der Waals surface area contributed by atoms with Gasteiger partial charge in [-0.05, 0) is 31.7 Å². The Hall–Kier alpha value is -0.170. The lowest BCUT2D eigenvalue weighted by Crippen LogP contribution is -2.42. The van der Waals surface area contributed by atoms with Gasteiger partial charge in [-0.1, -0.05) is 19.8 Å². The molecule has 102 valence electrons. The molecule has 0 aliphatic carbocycles. The van der Waals surface area contributed by atoms with Gasteiger partial charge in [0.05, 0.1) is 0 Å². The summed E-state index contributed by atoms with van der Waals surface area (Å²) in [5.41, 5.74) is 5.44. The molecule has 6 heteroatoms. The Kier molecular flexibility index (Phi) is 6.40. The summed E-state index contributed by atoms with van der Waals surface area (Å²) in [7, 11) is -3.28. The van der Waals surface area contributed by atoms with Crippen LogP contribution in [0, 0.1) is 5.92 Å². The van der Waals surface area contributed by atoms with Crippen molar-refractivity contribution in [3.05, 3.63) is 0 Å². The van der Waals surface area contributed by atoms with E-state index in [1.807, 2.05) is 6.92 Å². The molecule has 5 nitrogen and oxygen atoms in total. The van der Waals surface area contributed by atoms with Gasteiger partial charge in [-0.3, -0.25) is 0 Å². The largest absolute Gasteiger partial charge is 0.330 e. The minimum atomic E-state index is -3.28. The maximum Gasteiger partial charge on any atom is 0.279 e. The Morgan fingerprint density at radius 2 is 1.82 bits per heavy atom. The molecule has 0 aromatic heterocycles. The van der Waals surface area contributed by atoms with Gasteiger partial charge in [0.15, 0.2) is 0 Å². The van der Waals surface area contributed by atoms with Crippen LogP contribution in [-0.4, -0.2) is 38.9 Å². The first-order chi connectivity index (χ1) is 8.06. The molecule has 17 heavy (non-hydrogen) atoms. The Bertz CT molecular complexity index is 298. The summed E-state index contributed by atoms with van der Waals surface area (Å²) in [5.74, 6) is 0.293. The summed E-state index contributed by atoms with van der Waals surface area (Å²) < 4.78 is 28.3. The molecule has 1 heterocycles. The van der Waals surface area contributed by atoms with E-state index < -0.39 is 10.2 Å². The molecular formula is C11H25N3O2S. The van der Waals surface area contributed by atoms with Crippen molar-refractivity contribution in [2.75, 3.05) is 26.2 Å². The van der Waals surface area contributed by atoms with Crippen LogP contribution in [0.5, 0.6) is 0 Å². The van der Waals surface area contributed by atoms with Crippen molar-refractivity contribution in [1.82, 2.24) is 9.03 Å². The number of hydrogen-bond donors (Lipinski definition) is 2. The molecule has 1 aliphatic heterocycles. The van der Waals surface area contributed by atoms with E-state index in [1.54, 1.807) is 4.31 Å². The van der Waals surface area contributed by atoms with Crippen LogP contribution < -0.4 is 10.5 Å². The molecule has 0 saturated carbocycles. The molecule has 0 aromatic rings. The minimum absolute atomic E-state index is 0.293. The summed E-state index contributed by atoms with van der Waals surface area (Å²) in [6.45, 7) is 4.40. The Balaban J connectivity index is 2.43. The van der Waals surface area contributed by atoms with E-state index in [1.165, 1.54) is 0 Å². The molecule has 0 bridgehead atoms. The van der Waals surface area contributed by atoms with Gasteiger partial charge in [0.2, 0.25) is 0 Å². The number of nitrogens with one attached hydrogen (secondary N) is 1. The van der Waals surface area contributed by atoms with E-state index in [2.05, 4.69) is 4.72 Å². The second kappa shape index (κ2) is 7.31. The van der Waals surface area contributed by atoms with Crippen molar-refractivity contribution in [1.29, 1.82) is 0 Å². The third kappa shape index (κ3) is 5.33. The van der Waals surface area contributed by atoms with Gasteiger partial charge in [0.25, 0.3) is 10.2 Å². The van der Waals surface area contributed by atoms with Gasteiger partial charge in [-0.15, -0.1) is 0 Å². The van der Waals surface area contributed by atoms with Gasteiger partial charge >= 0.3 is 0 Å². The summed E-state index contributed by atoms with van der Waals surface area (Å²) in [6, 6.07) is 0. The number of nitrogens with two attached hydrogens (primary N) is 1.